The molecule has 8 nitrogen and oxygen atoms in total. The van der Waals surface area contributed by atoms with Crippen molar-refractivity contribution in [3.8, 4) is 5.75 Å². The van der Waals surface area contributed by atoms with Gasteiger partial charge in [0, 0.05) is 5.90 Å². The van der Waals surface area contributed by atoms with E-state index in [0.29, 0.717) is 6.42 Å². The second kappa shape index (κ2) is 8.67. The molecule has 0 atom stereocenters. The van der Waals surface area contributed by atoms with Crippen molar-refractivity contribution in [2.75, 3.05) is 13.2 Å². The van der Waals surface area contributed by atoms with Gasteiger partial charge in [0.05, 0.1) is 13.2 Å². The number of nitrogens with zero attached hydrogens (tertiary/aromatic N) is 1. The second-order valence-corrected chi connectivity index (χ2v) is 7.17. The quantitative estimate of drug-likeness (QED) is 0.272. The summed E-state index contributed by atoms with van der Waals surface area (Å²) in [5.74, 6) is -2.70. The van der Waals surface area contributed by atoms with Crippen LogP contribution >= 0.6 is 0 Å². The van der Waals surface area contributed by atoms with E-state index < -0.39 is 51.6 Å². The van der Waals surface area contributed by atoms with Crippen molar-refractivity contribution in [3.63, 3.8) is 0 Å². The molecule has 0 bridgehead atoms. The van der Waals surface area contributed by atoms with Gasteiger partial charge in [-0.25, -0.2) is 0 Å². The minimum absolute atomic E-state index is 0.127. The molecule has 0 aliphatic rings. The van der Waals surface area contributed by atoms with Crippen LogP contribution in [0.5, 0.6) is 5.75 Å². The first-order valence-corrected chi connectivity index (χ1v) is 8.99. The van der Waals surface area contributed by atoms with Crippen LogP contribution in [0, 0.1) is 5.41 Å². The van der Waals surface area contributed by atoms with Crippen molar-refractivity contribution in [3.05, 3.63) is 29.8 Å². The van der Waals surface area contributed by atoms with Gasteiger partial charge in [0.25, 0.3) is 0 Å². The van der Waals surface area contributed by atoms with E-state index in [1.165, 1.54) is 0 Å². The van der Waals surface area contributed by atoms with Crippen LogP contribution < -0.4 is 9.84 Å². The Hall–Kier alpha value is -2.18. The minimum atomic E-state index is -5.97. The number of aliphatic hydroxyl groups excluding tert-OH is 2. The average Bonchev–Trinajstić information content (AvgIpc) is 2.58. The molecule has 0 unspecified atom stereocenters. The molecule has 0 aliphatic heterocycles. The molecule has 1 aromatic carbocycles. The molecule has 12 heteroatoms. The Morgan fingerprint density at radius 2 is 1.70 bits per heavy atom. The maximum atomic E-state index is 12.2. The standard InChI is InChI=1S/C15H18F3NO7S/c1-2-7-14(8-20,9-21)13(23)26-11-5-3-10(4-6-11)12(22)19-27(24,25)15(16,17)18/h3-6,20-21H,2,7-9H2,1H3,(H,19,22)/p-1. The molecule has 1 aromatic rings. The zero-order valence-corrected chi connectivity index (χ0v) is 14.9. The van der Waals surface area contributed by atoms with E-state index in [4.69, 9.17) is 4.74 Å². The first kappa shape index (κ1) is 22.9. The van der Waals surface area contributed by atoms with E-state index in [-0.39, 0.29) is 12.2 Å². The Bertz CT molecular complexity index is 785. The molecular formula is C15H17F3NO7S-. The third-order valence-corrected chi connectivity index (χ3v) is 4.57. The van der Waals surface area contributed by atoms with Gasteiger partial charge in [-0.05, 0) is 24.1 Å². The number of halogens is 3. The molecule has 0 spiro atoms. The van der Waals surface area contributed by atoms with Crippen molar-refractivity contribution in [1.82, 2.24) is 0 Å². The van der Waals surface area contributed by atoms with Crippen molar-refractivity contribution in [2.45, 2.75) is 25.3 Å². The number of esters is 1. The second-order valence-electron chi connectivity index (χ2n) is 5.58. The monoisotopic (exact) mass is 412 g/mol. The zero-order chi connectivity index (χ0) is 20.9. The fourth-order valence-electron chi connectivity index (χ4n) is 2.01. The molecule has 0 amide bonds. The van der Waals surface area contributed by atoms with Gasteiger partial charge < -0.3 is 20.1 Å². The zero-order valence-electron chi connectivity index (χ0n) is 14.1. The lowest BCUT2D eigenvalue weighted by atomic mass is 9.85. The van der Waals surface area contributed by atoms with Crippen LogP contribution in [-0.4, -0.2) is 49.2 Å². The molecule has 0 heterocycles. The van der Waals surface area contributed by atoms with Gasteiger partial charge in [0.1, 0.15) is 11.2 Å². The maximum absolute atomic E-state index is 12.2. The van der Waals surface area contributed by atoms with Crippen LogP contribution in [-0.2, 0) is 14.8 Å². The highest BCUT2D eigenvalue weighted by atomic mass is 32.2. The number of carbonyl (C=O) groups excluding carboxylic acids is 1. The largest absolute Gasteiger partial charge is 0.858 e. The third-order valence-electron chi connectivity index (χ3n) is 3.57. The van der Waals surface area contributed by atoms with Gasteiger partial charge in [-0.15, -0.1) is 0 Å². The number of carbonyl (C=O) groups is 1. The molecule has 0 radical (unpaired) electrons. The van der Waals surface area contributed by atoms with Crippen molar-refractivity contribution >= 4 is 21.9 Å². The van der Waals surface area contributed by atoms with Crippen LogP contribution in [0.1, 0.15) is 25.3 Å². The van der Waals surface area contributed by atoms with Crippen LogP contribution in [0.3, 0.4) is 0 Å². The fourth-order valence-corrected chi connectivity index (χ4v) is 2.44. The number of alkyl halides is 3. The lowest BCUT2D eigenvalue weighted by Crippen LogP contribution is -2.41. The van der Waals surface area contributed by atoms with E-state index in [1.54, 1.807) is 6.92 Å². The molecule has 0 saturated heterocycles. The lowest BCUT2D eigenvalue weighted by Gasteiger charge is -2.26. The fraction of sp³-hybridized carbons (Fsp3) is 0.467. The number of ether oxygens (including phenoxy) is 1. The normalized spacial score (nSPS) is 13.5. The minimum Gasteiger partial charge on any atom is -0.858 e. The summed E-state index contributed by atoms with van der Waals surface area (Å²) in [5, 5.41) is 30.3. The summed E-state index contributed by atoms with van der Waals surface area (Å²) in [6.07, 6.45) is 0.614. The van der Waals surface area contributed by atoms with Gasteiger partial charge in [-0.1, -0.05) is 25.5 Å². The summed E-state index contributed by atoms with van der Waals surface area (Å²) in [6.45, 7) is 0.397. The first-order chi connectivity index (χ1) is 12.4. The van der Waals surface area contributed by atoms with Crippen molar-refractivity contribution < 1.29 is 46.4 Å². The van der Waals surface area contributed by atoms with Crippen molar-refractivity contribution in [2.24, 2.45) is 9.81 Å². The van der Waals surface area contributed by atoms with E-state index in [9.17, 15) is 41.7 Å². The summed E-state index contributed by atoms with van der Waals surface area (Å²) in [7, 11) is -5.97. The predicted molar refractivity (Wildman–Crippen MR) is 85.1 cm³/mol. The lowest BCUT2D eigenvalue weighted by molar-refractivity contribution is -0.212. The number of benzene rings is 1. The highest BCUT2D eigenvalue weighted by Gasteiger charge is 2.45. The van der Waals surface area contributed by atoms with Gasteiger partial charge in [-0.2, -0.15) is 26.0 Å². The van der Waals surface area contributed by atoms with E-state index in [0.717, 1.165) is 24.3 Å². The Morgan fingerprint density at radius 1 is 1.19 bits per heavy atom. The van der Waals surface area contributed by atoms with Crippen molar-refractivity contribution in [1.29, 1.82) is 0 Å². The van der Waals surface area contributed by atoms with Crippen LogP contribution in [0.2, 0.25) is 0 Å². The molecule has 1 rings (SSSR count). The van der Waals surface area contributed by atoms with E-state index >= 15 is 0 Å². The average molecular weight is 412 g/mol. The summed E-state index contributed by atoms with van der Waals surface area (Å²) < 4.78 is 65.6. The van der Waals surface area contributed by atoms with E-state index in [2.05, 4.69) is 4.40 Å². The molecule has 0 saturated carbocycles. The SMILES string of the molecule is CCCC(CO)(CO)C(=O)Oc1ccc(/C([O-])=N/S(=O)(=O)C(F)(F)F)cc1. The highest BCUT2D eigenvalue weighted by Crippen LogP contribution is 2.27. The van der Waals surface area contributed by atoms with Gasteiger partial charge in [0.15, 0.2) is 0 Å². The molecular weight excluding hydrogens is 395 g/mol. The van der Waals surface area contributed by atoms with Gasteiger partial charge in [0.2, 0.25) is 0 Å². The number of hydrogen-bond acceptors (Lipinski definition) is 7. The Morgan fingerprint density at radius 3 is 2.11 bits per heavy atom. The first-order valence-electron chi connectivity index (χ1n) is 7.55. The number of rotatable bonds is 8. The molecule has 0 aliphatic carbocycles. The predicted octanol–water partition coefficient (Wildman–Crippen LogP) is 0.320. The highest BCUT2D eigenvalue weighted by molar-refractivity contribution is 7.91. The summed E-state index contributed by atoms with van der Waals surface area (Å²) >= 11 is 0. The summed E-state index contributed by atoms with van der Waals surface area (Å²) in [4.78, 5) is 12.2. The smallest absolute Gasteiger partial charge is 0.518 e. The summed E-state index contributed by atoms with van der Waals surface area (Å²) in [6, 6.07) is 3.90. The molecule has 0 fully saturated rings. The Balaban J connectivity index is 3.02. The van der Waals surface area contributed by atoms with Crippen LogP contribution in [0.15, 0.2) is 28.7 Å². The number of sulfonamides is 1. The molecule has 152 valence electrons. The van der Waals surface area contributed by atoms with Gasteiger partial charge in [-0.3, -0.25) is 4.79 Å². The van der Waals surface area contributed by atoms with Crippen LogP contribution in [0.4, 0.5) is 13.2 Å². The Kier molecular flexibility index (Phi) is 7.34. The van der Waals surface area contributed by atoms with E-state index in [1.807, 2.05) is 0 Å². The molecule has 27 heavy (non-hydrogen) atoms. The van der Waals surface area contributed by atoms with Crippen LogP contribution in [0.25, 0.3) is 0 Å². The number of aliphatic hydroxyl groups is 2. The van der Waals surface area contributed by atoms with Gasteiger partial charge >= 0.3 is 21.5 Å². The maximum Gasteiger partial charge on any atom is 0.518 e. The molecule has 2 N–H and O–H groups in total. The molecule has 0 aromatic heterocycles. The number of hydrogen-bond donors (Lipinski definition) is 2. The Labute approximate surface area is 153 Å². The summed E-state index contributed by atoms with van der Waals surface area (Å²) in [5.41, 5.74) is -7.71. The third kappa shape index (κ3) is 5.40. The topological polar surface area (TPSA) is 136 Å².